The van der Waals surface area contributed by atoms with E-state index in [-0.39, 0.29) is 5.54 Å². The number of piperazine rings is 1. The van der Waals surface area contributed by atoms with Crippen LogP contribution in [0.25, 0.3) is 0 Å². The Labute approximate surface area is 157 Å². The second-order valence-electron chi connectivity index (χ2n) is 8.85. The first-order valence-electron chi connectivity index (χ1n) is 9.66. The molecular formula is C19H46N6. The Kier molecular flexibility index (Phi) is 12.1. The molecule has 1 fully saturated rings. The summed E-state index contributed by atoms with van der Waals surface area (Å²) in [6.07, 6.45) is 0. The molecule has 0 aliphatic carbocycles. The Morgan fingerprint density at radius 1 is 1.16 bits per heavy atom. The molecular weight excluding hydrogens is 312 g/mol. The van der Waals surface area contributed by atoms with E-state index in [0.29, 0.717) is 12.6 Å². The van der Waals surface area contributed by atoms with E-state index in [9.17, 15) is 0 Å². The van der Waals surface area contributed by atoms with Crippen molar-refractivity contribution >= 4 is 0 Å². The first kappa shape index (κ1) is 24.8. The molecule has 0 amide bonds. The Balaban J connectivity index is 0.000000463. The van der Waals surface area contributed by atoms with Crippen LogP contribution in [-0.4, -0.2) is 118 Å². The maximum atomic E-state index is 5.61. The zero-order valence-corrected chi connectivity index (χ0v) is 18.5. The van der Waals surface area contributed by atoms with Crippen LogP contribution in [0.15, 0.2) is 0 Å². The molecule has 0 radical (unpaired) electrons. The third kappa shape index (κ3) is 12.7. The molecule has 3 N–H and O–H groups in total. The lowest BCUT2D eigenvalue weighted by Crippen LogP contribution is -2.52. The van der Waals surface area contributed by atoms with E-state index in [0.717, 1.165) is 12.6 Å². The predicted molar refractivity (Wildman–Crippen MR) is 111 cm³/mol. The van der Waals surface area contributed by atoms with Crippen LogP contribution in [0, 0.1) is 0 Å². The van der Waals surface area contributed by atoms with Gasteiger partial charge in [0.1, 0.15) is 0 Å². The molecule has 152 valence electrons. The van der Waals surface area contributed by atoms with E-state index in [1.165, 1.54) is 32.7 Å². The molecule has 1 aliphatic rings. The van der Waals surface area contributed by atoms with Gasteiger partial charge in [0.2, 0.25) is 0 Å². The minimum Gasteiger partial charge on any atom is -0.329 e. The largest absolute Gasteiger partial charge is 0.329 e. The fourth-order valence-electron chi connectivity index (χ4n) is 3.16. The number of nitrogens with two attached hydrogens (primary N) is 1. The summed E-state index contributed by atoms with van der Waals surface area (Å²) in [6.45, 7) is 16.5. The van der Waals surface area contributed by atoms with Gasteiger partial charge in [-0.3, -0.25) is 4.90 Å². The lowest BCUT2D eigenvalue weighted by molar-refractivity contribution is 0.0936. The Hall–Kier alpha value is -0.240. The minimum atomic E-state index is 0.0510. The molecule has 2 unspecified atom stereocenters. The third-order valence-corrected chi connectivity index (χ3v) is 4.59. The summed E-state index contributed by atoms with van der Waals surface area (Å²) >= 11 is 0. The van der Waals surface area contributed by atoms with Gasteiger partial charge in [-0.15, -0.1) is 0 Å². The van der Waals surface area contributed by atoms with Gasteiger partial charge in [0, 0.05) is 63.4 Å². The molecule has 6 heteroatoms. The van der Waals surface area contributed by atoms with E-state index < -0.39 is 0 Å². The Morgan fingerprint density at radius 2 is 1.76 bits per heavy atom. The Morgan fingerprint density at radius 3 is 2.20 bits per heavy atom. The summed E-state index contributed by atoms with van der Waals surface area (Å²) in [7, 11) is 10.6. The summed E-state index contributed by atoms with van der Waals surface area (Å²) in [5.41, 5.74) is 5.66. The molecule has 25 heavy (non-hydrogen) atoms. The van der Waals surface area contributed by atoms with Crippen LogP contribution < -0.4 is 11.1 Å². The highest BCUT2D eigenvalue weighted by Crippen LogP contribution is 2.06. The van der Waals surface area contributed by atoms with Crippen LogP contribution in [0.3, 0.4) is 0 Å². The summed E-state index contributed by atoms with van der Waals surface area (Å²) in [5.74, 6) is 0. The SMILES string of the molecule is CC(CN(C)C)NC(C)(C)CN.CC1CN(C)CCN1CCN(C)C. The van der Waals surface area contributed by atoms with Gasteiger partial charge in [0.15, 0.2) is 0 Å². The van der Waals surface area contributed by atoms with Crippen molar-refractivity contribution < 1.29 is 0 Å². The second-order valence-corrected chi connectivity index (χ2v) is 8.85. The maximum absolute atomic E-state index is 5.61. The first-order chi connectivity index (χ1) is 11.5. The molecule has 1 aliphatic heterocycles. The second kappa shape index (κ2) is 12.2. The monoisotopic (exact) mass is 358 g/mol. The molecule has 0 aromatic heterocycles. The van der Waals surface area contributed by atoms with Crippen molar-refractivity contribution in [1.29, 1.82) is 0 Å². The van der Waals surface area contributed by atoms with Crippen LogP contribution in [0.5, 0.6) is 0 Å². The van der Waals surface area contributed by atoms with Gasteiger partial charge in [-0.2, -0.15) is 0 Å². The molecule has 0 spiro atoms. The van der Waals surface area contributed by atoms with Crippen molar-refractivity contribution in [2.75, 3.05) is 81.1 Å². The summed E-state index contributed by atoms with van der Waals surface area (Å²) in [5, 5.41) is 3.47. The molecule has 1 heterocycles. The molecule has 0 aromatic rings. The summed E-state index contributed by atoms with van der Waals surface area (Å²) in [4.78, 5) is 9.42. The highest BCUT2D eigenvalue weighted by Gasteiger charge is 2.20. The van der Waals surface area contributed by atoms with Crippen molar-refractivity contribution in [3.63, 3.8) is 0 Å². The van der Waals surface area contributed by atoms with Gasteiger partial charge in [0.05, 0.1) is 0 Å². The summed E-state index contributed by atoms with van der Waals surface area (Å²) in [6, 6.07) is 1.21. The van der Waals surface area contributed by atoms with E-state index >= 15 is 0 Å². The van der Waals surface area contributed by atoms with Crippen molar-refractivity contribution in [3.8, 4) is 0 Å². The zero-order valence-electron chi connectivity index (χ0n) is 18.5. The number of rotatable bonds is 8. The highest BCUT2D eigenvalue weighted by molar-refractivity contribution is 4.82. The van der Waals surface area contributed by atoms with Gasteiger partial charge in [-0.05, 0) is 62.9 Å². The van der Waals surface area contributed by atoms with Crippen LogP contribution in [0.4, 0.5) is 0 Å². The fraction of sp³-hybridized carbons (Fsp3) is 1.00. The predicted octanol–water partition coefficient (Wildman–Crippen LogP) is 0.447. The minimum absolute atomic E-state index is 0.0510. The van der Waals surface area contributed by atoms with E-state index in [4.69, 9.17) is 5.73 Å². The quantitative estimate of drug-likeness (QED) is 0.657. The first-order valence-corrected chi connectivity index (χ1v) is 9.66. The number of nitrogens with one attached hydrogen (secondary N) is 1. The van der Waals surface area contributed by atoms with Crippen molar-refractivity contribution in [2.24, 2.45) is 5.73 Å². The standard InChI is InChI=1S/C10H23N3.C9H23N3/c1-10-9-12(4)6-8-13(10)7-5-11(2)3;1-8(6-12(4)5)11-9(2,3)7-10/h10H,5-9H2,1-4H3;8,11H,6-7,10H2,1-5H3. The average molecular weight is 359 g/mol. The molecule has 0 aromatic carbocycles. The smallest absolute Gasteiger partial charge is 0.0250 e. The van der Waals surface area contributed by atoms with Crippen LogP contribution in [0.1, 0.15) is 27.7 Å². The van der Waals surface area contributed by atoms with Crippen molar-refractivity contribution in [1.82, 2.24) is 24.9 Å². The molecule has 0 bridgehead atoms. The fourth-order valence-corrected chi connectivity index (χ4v) is 3.16. The zero-order chi connectivity index (χ0) is 19.6. The van der Waals surface area contributed by atoms with E-state index in [1.54, 1.807) is 0 Å². The lowest BCUT2D eigenvalue weighted by atomic mass is 10.0. The van der Waals surface area contributed by atoms with Crippen LogP contribution in [-0.2, 0) is 0 Å². The van der Waals surface area contributed by atoms with Crippen LogP contribution >= 0.6 is 0 Å². The van der Waals surface area contributed by atoms with Crippen molar-refractivity contribution in [2.45, 2.75) is 45.3 Å². The molecule has 1 saturated heterocycles. The molecule has 1 rings (SSSR count). The normalized spacial score (nSPS) is 21.4. The maximum Gasteiger partial charge on any atom is 0.0250 e. The van der Waals surface area contributed by atoms with Gasteiger partial charge in [-0.1, -0.05) is 0 Å². The van der Waals surface area contributed by atoms with E-state index in [1.807, 2.05) is 0 Å². The molecule has 0 saturated carbocycles. The number of likely N-dealkylation sites (N-methyl/N-ethyl adjacent to an activating group) is 3. The molecule has 6 nitrogen and oxygen atoms in total. The van der Waals surface area contributed by atoms with Gasteiger partial charge >= 0.3 is 0 Å². The number of hydrogen-bond acceptors (Lipinski definition) is 6. The number of hydrogen-bond donors (Lipinski definition) is 2. The molecule has 2 atom stereocenters. The lowest BCUT2D eigenvalue weighted by Gasteiger charge is -2.38. The average Bonchev–Trinajstić information content (AvgIpc) is 2.45. The number of nitrogens with zero attached hydrogens (tertiary/aromatic N) is 4. The van der Waals surface area contributed by atoms with E-state index in [2.05, 4.69) is 87.8 Å². The topological polar surface area (TPSA) is 51.0 Å². The van der Waals surface area contributed by atoms with Crippen LogP contribution in [0.2, 0.25) is 0 Å². The summed E-state index contributed by atoms with van der Waals surface area (Å²) < 4.78 is 0. The Bertz CT molecular complexity index is 332. The van der Waals surface area contributed by atoms with Crippen molar-refractivity contribution in [3.05, 3.63) is 0 Å². The van der Waals surface area contributed by atoms with Gasteiger partial charge < -0.3 is 25.8 Å². The van der Waals surface area contributed by atoms with Gasteiger partial charge in [-0.25, -0.2) is 0 Å². The third-order valence-electron chi connectivity index (χ3n) is 4.59. The van der Waals surface area contributed by atoms with Gasteiger partial charge in [0.25, 0.3) is 0 Å². The highest BCUT2D eigenvalue weighted by atomic mass is 15.3.